The normalized spacial score (nSPS) is 11.9. The summed E-state index contributed by atoms with van der Waals surface area (Å²) >= 11 is 1.76. The molecule has 0 N–H and O–H groups in total. The van der Waals surface area contributed by atoms with Gasteiger partial charge in [0.15, 0.2) is 0 Å². The van der Waals surface area contributed by atoms with E-state index in [0.29, 0.717) is 0 Å². The fourth-order valence-corrected chi connectivity index (χ4v) is 9.96. The lowest BCUT2D eigenvalue weighted by molar-refractivity contribution is 1.18. The smallest absolute Gasteiger partial charge is 0.127 e. The van der Waals surface area contributed by atoms with Crippen molar-refractivity contribution in [1.29, 1.82) is 0 Å². The maximum absolute atomic E-state index is 5.20. The molecule has 57 heavy (non-hydrogen) atoms. The van der Waals surface area contributed by atoms with Crippen LogP contribution in [0.3, 0.4) is 0 Å². The van der Waals surface area contributed by atoms with Crippen molar-refractivity contribution in [3.8, 4) is 44.2 Å². The molecule has 0 aliphatic rings. The zero-order chi connectivity index (χ0) is 37.5. The Morgan fingerprint density at radius 1 is 0.368 bits per heavy atom. The second kappa shape index (κ2) is 12.6. The molecule has 0 aliphatic heterocycles. The summed E-state index contributed by atoms with van der Waals surface area (Å²) < 4.78 is 6.04. The number of rotatable bonds is 5. The van der Waals surface area contributed by atoms with Crippen molar-refractivity contribution >= 4 is 75.9 Å². The molecule has 9 aromatic carbocycles. The third kappa shape index (κ3) is 5.01. The van der Waals surface area contributed by atoms with Crippen molar-refractivity contribution in [2.45, 2.75) is 0 Å². The van der Waals surface area contributed by atoms with Gasteiger partial charge < -0.3 is 9.13 Å². The number of hydrogen-bond acceptors (Lipinski definition) is 2. The van der Waals surface area contributed by atoms with E-state index >= 15 is 0 Å². The van der Waals surface area contributed by atoms with Crippen molar-refractivity contribution in [3.05, 3.63) is 200 Å². The quantitative estimate of drug-likeness (QED) is 0.172. The topological polar surface area (TPSA) is 22.8 Å². The SMILES string of the molecule is c1ccc(-c2ccc(-n3c4ccccc4c4cc(-c5ccc6c(c5)c5ccccc5n6-c5ccc6ccccc6c5-c5nc6ccccc6s5)ccc43)cc2)cc1. The van der Waals surface area contributed by atoms with Crippen LogP contribution in [0.4, 0.5) is 0 Å². The molecule has 0 atom stereocenters. The molecule has 266 valence electrons. The first-order valence-corrected chi connectivity index (χ1v) is 20.2. The highest BCUT2D eigenvalue weighted by atomic mass is 32.1. The average Bonchev–Trinajstić information content (AvgIpc) is 3.96. The lowest BCUT2D eigenvalue weighted by Crippen LogP contribution is -1.98. The molecule has 0 radical (unpaired) electrons. The Labute approximate surface area is 333 Å². The van der Waals surface area contributed by atoms with E-state index in [1.165, 1.54) is 81.3 Å². The number of hydrogen-bond donors (Lipinski definition) is 0. The highest BCUT2D eigenvalue weighted by Crippen LogP contribution is 2.43. The largest absolute Gasteiger partial charge is 0.309 e. The van der Waals surface area contributed by atoms with E-state index in [-0.39, 0.29) is 0 Å². The number of fused-ring (bicyclic) bond motifs is 8. The summed E-state index contributed by atoms with van der Waals surface area (Å²) in [6.45, 7) is 0. The first-order chi connectivity index (χ1) is 28.3. The van der Waals surface area contributed by atoms with Gasteiger partial charge >= 0.3 is 0 Å². The van der Waals surface area contributed by atoms with Crippen molar-refractivity contribution in [3.63, 3.8) is 0 Å². The Balaban J connectivity index is 1.03. The lowest BCUT2D eigenvalue weighted by Gasteiger charge is -2.15. The van der Waals surface area contributed by atoms with Crippen molar-refractivity contribution in [2.75, 3.05) is 0 Å². The van der Waals surface area contributed by atoms with E-state index in [9.17, 15) is 0 Å². The van der Waals surface area contributed by atoms with Crippen LogP contribution in [0, 0.1) is 0 Å². The zero-order valence-corrected chi connectivity index (χ0v) is 31.6. The summed E-state index contributed by atoms with van der Waals surface area (Å²) in [4.78, 5) is 5.20. The number of thiazole rings is 1. The molecular formula is C53H33N3S. The molecule has 0 unspecified atom stereocenters. The molecule has 0 spiro atoms. The minimum Gasteiger partial charge on any atom is -0.309 e. The third-order valence-electron chi connectivity index (χ3n) is 11.6. The van der Waals surface area contributed by atoms with Gasteiger partial charge in [-0.05, 0) is 99.8 Å². The van der Waals surface area contributed by atoms with Crippen LogP contribution in [0.25, 0.3) is 109 Å². The van der Waals surface area contributed by atoms with Gasteiger partial charge in [-0.3, -0.25) is 0 Å². The molecule has 0 bridgehead atoms. The van der Waals surface area contributed by atoms with Gasteiger partial charge in [0.25, 0.3) is 0 Å². The van der Waals surface area contributed by atoms with E-state index in [4.69, 9.17) is 4.98 Å². The molecule has 12 aromatic rings. The summed E-state index contributed by atoms with van der Waals surface area (Å²) in [6, 6.07) is 72.7. The van der Waals surface area contributed by atoms with Crippen LogP contribution >= 0.6 is 11.3 Å². The van der Waals surface area contributed by atoms with Gasteiger partial charge in [-0.2, -0.15) is 0 Å². The molecule has 4 heteroatoms. The predicted molar refractivity (Wildman–Crippen MR) is 242 cm³/mol. The molecule has 12 rings (SSSR count). The Morgan fingerprint density at radius 3 is 1.63 bits per heavy atom. The molecule has 0 saturated heterocycles. The Hall–Kier alpha value is -7.27. The summed E-state index contributed by atoms with van der Waals surface area (Å²) in [5, 5.41) is 8.40. The van der Waals surface area contributed by atoms with Crippen molar-refractivity contribution in [2.24, 2.45) is 0 Å². The molecule has 0 fully saturated rings. The van der Waals surface area contributed by atoms with Crippen molar-refractivity contribution < 1.29 is 0 Å². The van der Waals surface area contributed by atoms with Crippen LogP contribution in [0.15, 0.2) is 200 Å². The first kappa shape index (κ1) is 32.0. The second-order valence-corrected chi connectivity index (χ2v) is 15.8. The molecule has 0 aliphatic carbocycles. The Bertz CT molecular complexity index is 3480. The molecule has 0 saturated carbocycles. The molecule has 3 aromatic heterocycles. The average molecular weight is 744 g/mol. The summed E-state index contributed by atoms with van der Waals surface area (Å²) in [7, 11) is 0. The van der Waals surface area contributed by atoms with E-state index in [0.717, 1.165) is 27.5 Å². The van der Waals surface area contributed by atoms with Crippen molar-refractivity contribution in [1.82, 2.24) is 14.1 Å². The van der Waals surface area contributed by atoms with Crippen LogP contribution in [-0.4, -0.2) is 14.1 Å². The minimum absolute atomic E-state index is 1.03. The fraction of sp³-hybridized carbons (Fsp3) is 0. The van der Waals surface area contributed by atoms with Gasteiger partial charge in [0.2, 0.25) is 0 Å². The first-order valence-electron chi connectivity index (χ1n) is 19.4. The van der Waals surface area contributed by atoms with Crippen LogP contribution < -0.4 is 0 Å². The Morgan fingerprint density at radius 2 is 0.912 bits per heavy atom. The maximum Gasteiger partial charge on any atom is 0.127 e. The second-order valence-electron chi connectivity index (χ2n) is 14.7. The number of nitrogens with zero attached hydrogens (tertiary/aromatic N) is 3. The van der Waals surface area contributed by atoms with Gasteiger partial charge in [-0.15, -0.1) is 11.3 Å². The molecular weight excluding hydrogens is 711 g/mol. The summed E-state index contributed by atoms with van der Waals surface area (Å²) in [5.41, 5.74) is 14.1. The predicted octanol–water partition coefficient (Wildman–Crippen LogP) is 14.6. The van der Waals surface area contributed by atoms with Gasteiger partial charge in [0.1, 0.15) is 5.01 Å². The zero-order valence-electron chi connectivity index (χ0n) is 30.8. The van der Waals surface area contributed by atoms with Crippen LogP contribution in [0.1, 0.15) is 0 Å². The van der Waals surface area contributed by atoms with Crippen LogP contribution in [-0.2, 0) is 0 Å². The maximum atomic E-state index is 5.20. The van der Waals surface area contributed by atoms with Gasteiger partial charge in [0.05, 0.1) is 38.0 Å². The third-order valence-corrected chi connectivity index (χ3v) is 12.6. The molecule has 3 heterocycles. The van der Waals surface area contributed by atoms with Crippen LogP contribution in [0.5, 0.6) is 0 Å². The summed E-state index contributed by atoms with van der Waals surface area (Å²) in [5.74, 6) is 0. The minimum atomic E-state index is 1.03. The standard InChI is InChI=1S/C53H33N3S/c1-2-12-34(13-3-1)35-22-27-39(28-23-35)55-46-19-9-6-16-41(46)43-32-37(25-29-48(43)55)38-26-30-49-44(33-38)42-17-7-10-20-47(42)56(49)50-31-24-36-14-4-5-15-40(36)52(50)53-54-45-18-8-11-21-51(45)57-53/h1-33H. The highest BCUT2D eigenvalue weighted by molar-refractivity contribution is 7.21. The monoisotopic (exact) mass is 743 g/mol. The Kier molecular flexibility index (Phi) is 7.10. The highest BCUT2D eigenvalue weighted by Gasteiger charge is 2.21. The lowest BCUT2D eigenvalue weighted by atomic mass is 10.0. The van der Waals surface area contributed by atoms with Crippen LogP contribution in [0.2, 0.25) is 0 Å². The van der Waals surface area contributed by atoms with E-state index in [2.05, 4.69) is 209 Å². The van der Waals surface area contributed by atoms with Gasteiger partial charge in [0, 0.05) is 32.8 Å². The van der Waals surface area contributed by atoms with E-state index in [1.807, 2.05) is 0 Å². The molecule has 3 nitrogen and oxygen atoms in total. The summed E-state index contributed by atoms with van der Waals surface area (Å²) in [6.07, 6.45) is 0. The van der Waals surface area contributed by atoms with E-state index in [1.54, 1.807) is 11.3 Å². The fourth-order valence-electron chi connectivity index (χ4n) is 8.93. The number of aromatic nitrogens is 3. The number of para-hydroxylation sites is 3. The van der Waals surface area contributed by atoms with E-state index < -0.39 is 0 Å². The molecule has 0 amide bonds. The van der Waals surface area contributed by atoms with Gasteiger partial charge in [-0.1, -0.05) is 133 Å². The van der Waals surface area contributed by atoms with Gasteiger partial charge in [-0.25, -0.2) is 4.98 Å². The number of benzene rings is 9.